The van der Waals surface area contributed by atoms with Crippen LogP contribution in [0.25, 0.3) is 6.08 Å². The normalized spacial score (nSPS) is 18.4. The van der Waals surface area contributed by atoms with E-state index in [1.807, 2.05) is 42.5 Å². The first kappa shape index (κ1) is 11.1. The lowest BCUT2D eigenvalue weighted by atomic mass is 10.2. The molecule has 0 saturated carbocycles. The van der Waals surface area contributed by atoms with Gasteiger partial charge in [0.25, 0.3) is 5.91 Å². The van der Waals surface area contributed by atoms with Crippen molar-refractivity contribution in [3.05, 3.63) is 53.0 Å². The van der Waals surface area contributed by atoms with Gasteiger partial charge in [0, 0.05) is 0 Å². The summed E-state index contributed by atoms with van der Waals surface area (Å²) in [5.74, 6) is -0.118. The standard InChI is InChI=1S/C12H9NOS2/c14-11-10(16-12(15)13-11)8-4-7-9-5-2-1-3-6-9/h1-8H,(H,13,14,15)/b7-4?,10-8-. The molecule has 0 radical (unpaired) electrons. The fourth-order valence-corrected chi connectivity index (χ4v) is 2.24. The summed E-state index contributed by atoms with van der Waals surface area (Å²) in [5.41, 5.74) is 1.10. The zero-order valence-corrected chi connectivity index (χ0v) is 9.98. The fraction of sp³-hybridized carbons (Fsp3) is 0. The van der Waals surface area contributed by atoms with E-state index in [4.69, 9.17) is 12.2 Å². The summed E-state index contributed by atoms with van der Waals surface area (Å²) in [6.07, 6.45) is 5.57. The van der Waals surface area contributed by atoms with E-state index in [0.29, 0.717) is 9.23 Å². The van der Waals surface area contributed by atoms with Crippen LogP contribution in [-0.4, -0.2) is 10.2 Å². The number of allylic oxidation sites excluding steroid dienone is 2. The highest BCUT2D eigenvalue weighted by Crippen LogP contribution is 2.23. The number of carbonyl (C=O) groups is 1. The predicted octanol–water partition coefficient (Wildman–Crippen LogP) is 2.73. The number of rotatable bonds is 2. The Kier molecular flexibility index (Phi) is 3.54. The van der Waals surface area contributed by atoms with E-state index in [2.05, 4.69) is 5.32 Å². The minimum Gasteiger partial charge on any atom is -0.307 e. The van der Waals surface area contributed by atoms with Crippen LogP contribution >= 0.6 is 24.0 Å². The molecule has 16 heavy (non-hydrogen) atoms. The van der Waals surface area contributed by atoms with Gasteiger partial charge in [-0.25, -0.2) is 0 Å². The van der Waals surface area contributed by atoms with Crippen molar-refractivity contribution >= 4 is 40.3 Å². The Morgan fingerprint density at radius 3 is 2.62 bits per heavy atom. The third-order valence-electron chi connectivity index (χ3n) is 1.98. The molecule has 1 heterocycles. The molecular weight excluding hydrogens is 238 g/mol. The van der Waals surface area contributed by atoms with E-state index in [1.165, 1.54) is 11.8 Å². The molecule has 1 saturated heterocycles. The van der Waals surface area contributed by atoms with Crippen molar-refractivity contribution in [1.29, 1.82) is 0 Å². The summed E-state index contributed by atoms with van der Waals surface area (Å²) in [6, 6.07) is 9.91. The average Bonchev–Trinajstić information content (AvgIpc) is 2.59. The van der Waals surface area contributed by atoms with E-state index >= 15 is 0 Å². The Morgan fingerprint density at radius 1 is 1.25 bits per heavy atom. The summed E-state index contributed by atoms with van der Waals surface area (Å²) >= 11 is 6.17. The Morgan fingerprint density at radius 2 is 2.00 bits per heavy atom. The van der Waals surface area contributed by atoms with Gasteiger partial charge in [0.05, 0.1) is 4.91 Å². The lowest BCUT2D eigenvalue weighted by molar-refractivity contribution is -0.115. The molecule has 1 aromatic carbocycles. The predicted molar refractivity (Wildman–Crippen MR) is 71.9 cm³/mol. The molecule has 1 aliphatic heterocycles. The summed E-state index contributed by atoms with van der Waals surface area (Å²) in [6.45, 7) is 0. The van der Waals surface area contributed by atoms with E-state index in [9.17, 15) is 4.79 Å². The third kappa shape index (κ3) is 2.81. The number of thioether (sulfide) groups is 1. The lowest BCUT2D eigenvalue weighted by Crippen LogP contribution is -2.17. The molecule has 0 atom stereocenters. The average molecular weight is 247 g/mol. The van der Waals surface area contributed by atoms with Gasteiger partial charge in [-0.05, 0) is 11.6 Å². The van der Waals surface area contributed by atoms with Crippen LogP contribution in [0.1, 0.15) is 5.56 Å². The molecule has 0 spiro atoms. The molecule has 2 nitrogen and oxygen atoms in total. The molecule has 1 aliphatic rings. The van der Waals surface area contributed by atoms with Crippen molar-refractivity contribution in [2.45, 2.75) is 0 Å². The van der Waals surface area contributed by atoms with Crippen LogP contribution in [0.3, 0.4) is 0 Å². The van der Waals surface area contributed by atoms with Crippen LogP contribution in [0, 0.1) is 0 Å². The number of hydrogen-bond acceptors (Lipinski definition) is 3. The Balaban J connectivity index is 2.07. The molecule has 0 aromatic heterocycles. The molecule has 1 amide bonds. The molecule has 0 aliphatic carbocycles. The molecule has 1 fully saturated rings. The minimum absolute atomic E-state index is 0.118. The molecule has 80 valence electrons. The number of nitrogens with one attached hydrogen (secondary N) is 1. The molecule has 2 rings (SSSR count). The molecule has 1 N–H and O–H groups in total. The first-order chi connectivity index (χ1) is 7.75. The number of hydrogen-bond donors (Lipinski definition) is 1. The van der Waals surface area contributed by atoms with Crippen LogP contribution in [0.15, 0.2) is 47.4 Å². The van der Waals surface area contributed by atoms with Gasteiger partial charge in [0.2, 0.25) is 0 Å². The highest BCUT2D eigenvalue weighted by molar-refractivity contribution is 8.26. The summed E-state index contributed by atoms with van der Waals surface area (Å²) < 4.78 is 0.518. The van der Waals surface area contributed by atoms with E-state index < -0.39 is 0 Å². The second-order valence-electron chi connectivity index (χ2n) is 3.14. The van der Waals surface area contributed by atoms with E-state index in [0.717, 1.165) is 5.56 Å². The van der Waals surface area contributed by atoms with Crippen molar-refractivity contribution in [1.82, 2.24) is 5.32 Å². The largest absolute Gasteiger partial charge is 0.307 e. The first-order valence-corrected chi connectivity index (χ1v) is 5.95. The molecule has 0 bridgehead atoms. The summed E-state index contributed by atoms with van der Waals surface area (Å²) in [4.78, 5) is 11.9. The van der Waals surface area contributed by atoms with Crippen molar-refractivity contribution in [2.24, 2.45) is 0 Å². The van der Waals surface area contributed by atoms with Crippen LogP contribution in [-0.2, 0) is 4.79 Å². The first-order valence-electron chi connectivity index (χ1n) is 4.72. The van der Waals surface area contributed by atoms with Crippen LogP contribution in [0.2, 0.25) is 0 Å². The molecular formula is C12H9NOS2. The van der Waals surface area contributed by atoms with Gasteiger partial charge in [-0.15, -0.1) is 0 Å². The third-order valence-corrected chi connectivity index (χ3v) is 3.16. The van der Waals surface area contributed by atoms with Crippen LogP contribution in [0.5, 0.6) is 0 Å². The maximum atomic E-state index is 11.3. The van der Waals surface area contributed by atoms with Gasteiger partial charge >= 0.3 is 0 Å². The Labute approximate surface area is 103 Å². The van der Waals surface area contributed by atoms with Crippen molar-refractivity contribution in [3.63, 3.8) is 0 Å². The van der Waals surface area contributed by atoms with Gasteiger partial charge in [0.1, 0.15) is 4.32 Å². The quantitative estimate of drug-likeness (QED) is 0.643. The van der Waals surface area contributed by atoms with Crippen molar-refractivity contribution in [2.75, 3.05) is 0 Å². The maximum absolute atomic E-state index is 11.3. The van der Waals surface area contributed by atoms with Crippen LogP contribution < -0.4 is 5.32 Å². The summed E-state index contributed by atoms with van der Waals surface area (Å²) in [5, 5.41) is 2.57. The zero-order chi connectivity index (χ0) is 11.4. The van der Waals surface area contributed by atoms with Gasteiger partial charge in [0.15, 0.2) is 0 Å². The van der Waals surface area contributed by atoms with E-state index in [-0.39, 0.29) is 5.91 Å². The molecule has 0 unspecified atom stereocenters. The minimum atomic E-state index is -0.118. The van der Waals surface area contributed by atoms with Crippen molar-refractivity contribution in [3.8, 4) is 0 Å². The highest BCUT2D eigenvalue weighted by atomic mass is 32.2. The lowest BCUT2D eigenvalue weighted by Gasteiger charge is -1.89. The number of benzene rings is 1. The Hall–Kier alpha value is -1.39. The van der Waals surface area contributed by atoms with Gasteiger partial charge in [-0.1, -0.05) is 66.5 Å². The van der Waals surface area contributed by atoms with Gasteiger partial charge < -0.3 is 5.32 Å². The monoisotopic (exact) mass is 247 g/mol. The van der Waals surface area contributed by atoms with Crippen LogP contribution in [0.4, 0.5) is 0 Å². The smallest absolute Gasteiger partial charge is 0.263 e. The zero-order valence-electron chi connectivity index (χ0n) is 8.34. The number of amides is 1. The molecule has 1 aromatic rings. The van der Waals surface area contributed by atoms with Gasteiger partial charge in [-0.2, -0.15) is 0 Å². The highest BCUT2D eigenvalue weighted by Gasteiger charge is 2.20. The topological polar surface area (TPSA) is 29.1 Å². The number of carbonyl (C=O) groups excluding carboxylic acids is 1. The SMILES string of the molecule is O=C1NC(=S)S/C1=C\C=Cc1ccccc1. The Bertz CT molecular complexity index is 477. The second kappa shape index (κ2) is 5.09. The second-order valence-corrected chi connectivity index (χ2v) is 4.86. The fourth-order valence-electron chi connectivity index (χ4n) is 1.25. The van der Waals surface area contributed by atoms with Gasteiger partial charge in [-0.3, -0.25) is 4.79 Å². The number of thiocarbonyl (C=S) groups is 1. The van der Waals surface area contributed by atoms with E-state index in [1.54, 1.807) is 6.08 Å². The maximum Gasteiger partial charge on any atom is 0.263 e. The van der Waals surface area contributed by atoms with Crippen molar-refractivity contribution < 1.29 is 4.79 Å². The summed E-state index contributed by atoms with van der Waals surface area (Å²) in [7, 11) is 0. The molecule has 4 heteroatoms.